The molecule has 2 aromatic carbocycles. The summed E-state index contributed by atoms with van der Waals surface area (Å²) in [6, 6.07) is 4.68. The molecule has 2 nitrogen and oxygen atoms in total. The van der Waals surface area contributed by atoms with Crippen molar-refractivity contribution in [2.45, 2.75) is 23.1 Å². The summed E-state index contributed by atoms with van der Waals surface area (Å²) in [5.41, 5.74) is -0.593. The van der Waals surface area contributed by atoms with Crippen LogP contribution < -0.4 is 0 Å². The lowest BCUT2D eigenvalue weighted by Crippen LogP contribution is -2.09. The molecule has 0 heterocycles. The predicted molar refractivity (Wildman–Crippen MR) is 88.0 cm³/mol. The SMILES string of the molecule is O=S(=O)(c1ccc(Cl)c(Cl)c1CF)c1ccc(Cl)c(Cl)c1CF. The summed E-state index contributed by atoms with van der Waals surface area (Å²) in [6.07, 6.45) is 0. The van der Waals surface area contributed by atoms with Crippen molar-refractivity contribution in [3.8, 4) is 0 Å². The van der Waals surface area contributed by atoms with Gasteiger partial charge in [0.2, 0.25) is 9.84 Å². The summed E-state index contributed by atoms with van der Waals surface area (Å²) < 4.78 is 52.1. The summed E-state index contributed by atoms with van der Waals surface area (Å²) >= 11 is 23.3. The Hall–Kier alpha value is -0.590. The van der Waals surface area contributed by atoms with Crippen LogP contribution >= 0.6 is 46.4 Å². The van der Waals surface area contributed by atoms with Crippen molar-refractivity contribution in [2.75, 3.05) is 0 Å². The number of rotatable bonds is 4. The highest BCUT2D eigenvalue weighted by atomic mass is 35.5. The fraction of sp³-hybridized carbons (Fsp3) is 0.143. The van der Waals surface area contributed by atoms with Gasteiger partial charge in [-0.25, -0.2) is 17.2 Å². The lowest BCUT2D eigenvalue weighted by molar-refractivity contribution is 0.475. The highest BCUT2D eigenvalue weighted by Gasteiger charge is 2.28. The van der Waals surface area contributed by atoms with Crippen LogP contribution in [0.2, 0.25) is 20.1 Å². The monoisotopic (exact) mass is 418 g/mol. The van der Waals surface area contributed by atoms with Gasteiger partial charge in [-0.05, 0) is 24.3 Å². The van der Waals surface area contributed by atoms with Crippen LogP contribution in [0.5, 0.6) is 0 Å². The summed E-state index contributed by atoms with van der Waals surface area (Å²) in [5, 5.41) is -0.398. The minimum Gasteiger partial charge on any atom is -0.246 e. The first-order valence-electron chi connectivity index (χ1n) is 6.06. The minimum absolute atomic E-state index is 0.0121. The number of alkyl halides is 2. The van der Waals surface area contributed by atoms with Crippen LogP contribution in [0.25, 0.3) is 0 Å². The van der Waals surface area contributed by atoms with Crippen molar-refractivity contribution < 1.29 is 17.2 Å². The van der Waals surface area contributed by atoms with Crippen LogP contribution in [0.3, 0.4) is 0 Å². The Morgan fingerprint density at radius 3 is 1.39 bits per heavy atom. The summed E-state index contributed by atoms with van der Waals surface area (Å²) in [6.45, 7) is -2.31. The quantitative estimate of drug-likeness (QED) is 0.602. The maximum absolute atomic E-state index is 13.3. The van der Waals surface area contributed by atoms with Crippen LogP contribution in [0, 0.1) is 0 Å². The first kappa shape index (κ1) is 18.7. The standard InChI is InChI=1S/C14H8Cl4F2O2S/c15-9-1-3-11(7(5-19)13(9)17)23(21,22)12-4-2-10(16)14(18)8(12)6-20/h1-4H,5-6H2. The van der Waals surface area contributed by atoms with E-state index < -0.39 is 33.0 Å². The molecule has 2 aromatic rings. The Morgan fingerprint density at radius 1 is 0.739 bits per heavy atom. The summed E-state index contributed by atoms with van der Waals surface area (Å²) in [7, 11) is -4.27. The second-order valence-electron chi connectivity index (χ2n) is 4.45. The van der Waals surface area contributed by atoms with E-state index in [2.05, 4.69) is 0 Å². The Bertz CT molecular complexity index is 804. The number of hydrogen-bond acceptors (Lipinski definition) is 2. The zero-order valence-corrected chi connectivity index (χ0v) is 15.1. The third-order valence-corrected chi connectivity index (χ3v) is 6.76. The molecule has 0 atom stereocenters. The second-order valence-corrected chi connectivity index (χ2v) is 7.90. The van der Waals surface area contributed by atoms with Gasteiger partial charge in [0.25, 0.3) is 0 Å². The Balaban J connectivity index is 2.80. The third kappa shape index (κ3) is 3.30. The van der Waals surface area contributed by atoms with Crippen molar-refractivity contribution >= 4 is 56.2 Å². The maximum Gasteiger partial charge on any atom is 0.207 e. The van der Waals surface area contributed by atoms with Gasteiger partial charge in [-0.1, -0.05) is 46.4 Å². The van der Waals surface area contributed by atoms with Gasteiger partial charge in [0, 0.05) is 11.1 Å². The van der Waals surface area contributed by atoms with E-state index in [-0.39, 0.29) is 31.2 Å². The molecule has 0 amide bonds. The van der Waals surface area contributed by atoms with Crippen molar-refractivity contribution in [3.05, 3.63) is 55.5 Å². The van der Waals surface area contributed by atoms with Crippen LogP contribution in [-0.2, 0) is 23.2 Å². The van der Waals surface area contributed by atoms with E-state index in [9.17, 15) is 17.2 Å². The van der Waals surface area contributed by atoms with Crippen LogP contribution in [0.15, 0.2) is 34.1 Å². The lowest BCUT2D eigenvalue weighted by Gasteiger charge is -2.14. The largest absolute Gasteiger partial charge is 0.246 e. The average Bonchev–Trinajstić information content (AvgIpc) is 2.51. The molecule has 0 bridgehead atoms. The summed E-state index contributed by atoms with van der Waals surface area (Å²) in [4.78, 5) is -0.801. The molecule has 0 aliphatic carbocycles. The number of benzene rings is 2. The zero-order chi connectivity index (χ0) is 17.4. The predicted octanol–water partition coefficient (Wildman–Crippen LogP) is 6.07. The average molecular weight is 420 g/mol. The molecule has 0 N–H and O–H groups in total. The van der Waals surface area contributed by atoms with Gasteiger partial charge in [-0.3, -0.25) is 0 Å². The molecule has 0 aromatic heterocycles. The topological polar surface area (TPSA) is 34.1 Å². The van der Waals surface area contributed by atoms with E-state index in [4.69, 9.17) is 46.4 Å². The highest BCUT2D eigenvalue weighted by molar-refractivity contribution is 7.91. The fourth-order valence-electron chi connectivity index (χ4n) is 2.02. The van der Waals surface area contributed by atoms with Gasteiger partial charge < -0.3 is 0 Å². The Kier molecular flexibility index (Phi) is 5.80. The molecule has 0 saturated carbocycles. The molecule has 124 valence electrons. The molecule has 0 aliphatic heterocycles. The number of hydrogen-bond donors (Lipinski definition) is 0. The van der Waals surface area contributed by atoms with E-state index in [1.54, 1.807) is 0 Å². The van der Waals surface area contributed by atoms with E-state index in [1.165, 1.54) is 12.1 Å². The van der Waals surface area contributed by atoms with Crippen molar-refractivity contribution in [2.24, 2.45) is 0 Å². The van der Waals surface area contributed by atoms with Crippen molar-refractivity contribution in [1.29, 1.82) is 0 Å². The fourth-order valence-corrected chi connectivity index (χ4v) is 4.61. The first-order chi connectivity index (χ1) is 10.8. The normalized spacial score (nSPS) is 11.7. The first-order valence-corrected chi connectivity index (χ1v) is 9.06. The second kappa shape index (κ2) is 7.11. The summed E-state index contributed by atoms with van der Waals surface area (Å²) in [5.74, 6) is 0. The van der Waals surface area contributed by atoms with E-state index in [0.717, 1.165) is 12.1 Å². The zero-order valence-electron chi connectivity index (χ0n) is 11.2. The van der Waals surface area contributed by atoms with Crippen molar-refractivity contribution in [1.82, 2.24) is 0 Å². The smallest absolute Gasteiger partial charge is 0.207 e. The lowest BCUT2D eigenvalue weighted by atomic mass is 10.2. The molecular formula is C14H8Cl4F2O2S. The van der Waals surface area contributed by atoms with Crippen LogP contribution in [-0.4, -0.2) is 8.42 Å². The van der Waals surface area contributed by atoms with Gasteiger partial charge in [0.15, 0.2) is 0 Å². The Morgan fingerprint density at radius 2 is 1.09 bits per heavy atom. The van der Waals surface area contributed by atoms with Crippen molar-refractivity contribution in [3.63, 3.8) is 0 Å². The van der Waals surface area contributed by atoms with E-state index >= 15 is 0 Å². The molecular weight excluding hydrogens is 412 g/mol. The van der Waals surface area contributed by atoms with Gasteiger partial charge in [0.1, 0.15) is 13.3 Å². The highest BCUT2D eigenvalue weighted by Crippen LogP contribution is 2.38. The molecule has 23 heavy (non-hydrogen) atoms. The Labute approximate surface area is 151 Å². The van der Waals surface area contributed by atoms with Gasteiger partial charge >= 0.3 is 0 Å². The van der Waals surface area contributed by atoms with Gasteiger partial charge in [0.05, 0.1) is 29.9 Å². The van der Waals surface area contributed by atoms with E-state index in [1.807, 2.05) is 0 Å². The van der Waals surface area contributed by atoms with Gasteiger partial charge in [-0.15, -0.1) is 0 Å². The number of halogens is 6. The third-order valence-electron chi connectivity index (χ3n) is 3.15. The molecule has 0 fully saturated rings. The van der Waals surface area contributed by atoms with Crippen LogP contribution in [0.1, 0.15) is 11.1 Å². The molecule has 2 rings (SSSR count). The molecule has 0 aliphatic rings. The van der Waals surface area contributed by atoms with Gasteiger partial charge in [-0.2, -0.15) is 0 Å². The molecule has 9 heteroatoms. The maximum atomic E-state index is 13.3. The van der Waals surface area contributed by atoms with Crippen LogP contribution in [0.4, 0.5) is 8.78 Å². The molecule has 0 saturated heterocycles. The van der Waals surface area contributed by atoms with E-state index in [0.29, 0.717) is 0 Å². The minimum atomic E-state index is -4.27. The molecule has 0 unspecified atom stereocenters. The molecule has 0 radical (unpaired) electrons. The molecule has 0 spiro atoms. The number of sulfone groups is 1.